The third-order valence-corrected chi connectivity index (χ3v) is 4.16. The molecule has 1 amide bonds. The molecule has 4 heteroatoms. The van der Waals surface area contributed by atoms with E-state index in [2.05, 4.69) is 17.6 Å². The molecule has 1 aromatic carbocycles. The van der Waals surface area contributed by atoms with Crippen molar-refractivity contribution in [1.82, 2.24) is 5.32 Å². The van der Waals surface area contributed by atoms with E-state index in [9.17, 15) is 9.90 Å². The quantitative estimate of drug-likeness (QED) is 0.776. The standard InChI is InChI=1S/C15H22N2O2/c1-2-15(7-9-16-10-8-15)14(19)17-13-6-4-3-5-12(13)11-18/h3-6,16,18H,2,7-11H2,1H3,(H,17,19). The van der Waals surface area contributed by atoms with Crippen molar-refractivity contribution < 1.29 is 9.90 Å². The first-order chi connectivity index (χ1) is 9.22. The largest absolute Gasteiger partial charge is 0.392 e. The van der Waals surface area contributed by atoms with Crippen molar-refractivity contribution in [2.24, 2.45) is 5.41 Å². The van der Waals surface area contributed by atoms with Gasteiger partial charge in [-0.2, -0.15) is 0 Å². The number of aliphatic hydroxyl groups excluding tert-OH is 1. The molecule has 1 heterocycles. The number of para-hydroxylation sites is 1. The maximum absolute atomic E-state index is 12.6. The molecule has 4 nitrogen and oxygen atoms in total. The van der Waals surface area contributed by atoms with Gasteiger partial charge in [-0.15, -0.1) is 0 Å². The second kappa shape index (κ2) is 6.17. The highest BCUT2D eigenvalue weighted by molar-refractivity contribution is 5.96. The normalized spacial score (nSPS) is 18.0. The zero-order chi connectivity index (χ0) is 13.7. The molecular weight excluding hydrogens is 240 g/mol. The van der Waals surface area contributed by atoms with Gasteiger partial charge in [0.2, 0.25) is 5.91 Å². The van der Waals surface area contributed by atoms with Crippen LogP contribution in [0.15, 0.2) is 24.3 Å². The van der Waals surface area contributed by atoms with Gasteiger partial charge in [0.1, 0.15) is 0 Å². The van der Waals surface area contributed by atoms with Gasteiger partial charge >= 0.3 is 0 Å². The molecule has 0 unspecified atom stereocenters. The lowest BCUT2D eigenvalue weighted by Gasteiger charge is -2.35. The van der Waals surface area contributed by atoms with Crippen LogP contribution in [0.3, 0.4) is 0 Å². The predicted molar refractivity (Wildman–Crippen MR) is 75.8 cm³/mol. The minimum Gasteiger partial charge on any atom is -0.392 e. The van der Waals surface area contributed by atoms with Crippen LogP contribution in [-0.2, 0) is 11.4 Å². The van der Waals surface area contributed by atoms with Crippen molar-refractivity contribution in [2.45, 2.75) is 32.8 Å². The Balaban J connectivity index is 2.15. The van der Waals surface area contributed by atoms with Gasteiger partial charge in [-0.1, -0.05) is 25.1 Å². The number of benzene rings is 1. The molecule has 19 heavy (non-hydrogen) atoms. The zero-order valence-electron chi connectivity index (χ0n) is 11.4. The van der Waals surface area contributed by atoms with Crippen molar-refractivity contribution in [3.8, 4) is 0 Å². The van der Waals surface area contributed by atoms with Gasteiger partial charge in [0, 0.05) is 11.3 Å². The van der Waals surface area contributed by atoms with Gasteiger partial charge in [-0.05, 0) is 38.4 Å². The lowest BCUT2D eigenvalue weighted by Crippen LogP contribution is -2.44. The summed E-state index contributed by atoms with van der Waals surface area (Å²) in [6.45, 7) is 3.80. The van der Waals surface area contributed by atoms with Crippen LogP contribution >= 0.6 is 0 Å². The Kier molecular flexibility index (Phi) is 4.56. The number of carbonyl (C=O) groups excluding carboxylic acids is 1. The summed E-state index contributed by atoms with van der Waals surface area (Å²) in [7, 11) is 0. The molecule has 1 aliphatic rings. The smallest absolute Gasteiger partial charge is 0.230 e. The summed E-state index contributed by atoms with van der Waals surface area (Å²) in [6, 6.07) is 7.40. The predicted octanol–water partition coefficient (Wildman–Crippen LogP) is 1.90. The maximum atomic E-state index is 12.6. The third-order valence-electron chi connectivity index (χ3n) is 4.16. The number of carbonyl (C=O) groups is 1. The number of rotatable bonds is 4. The Labute approximate surface area is 114 Å². The summed E-state index contributed by atoms with van der Waals surface area (Å²) >= 11 is 0. The SMILES string of the molecule is CCC1(C(=O)Nc2ccccc2CO)CCNCC1. The number of hydrogen-bond acceptors (Lipinski definition) is 3. The van der Waals surface area contributed by atoms with Crippen LogP contribution in [0.25, 0.3) is 0 Å². The fraction of sp³-hybridized carbons (Fsp3) is 0.533. The van der Waals surface area contributed by atoms with Crippen molar-refractivity contribution in [2.75, 3.05) is 18.4 Å². The molecular formula is C15H22N2O2. The summed E-state index contributed by atoms with van der Waals surface area (Å²) in [5.74, 6) is 0.0809. The fourth-order valence-corrected chi connectivity index (χ4v) is 2.68. The van der Waals surface area contributed by atoms with E-state index < -0.39 is 0 Å². The van der Waals surface area contributed by atoms with E-state index in [1.165, 1.54) is 0 Å². The fourth-order valence-electron chi connectivity index (χ4n) is 2.68. The molecule has 0 bridgehead atoms. The molecule has 0 saturated carbocycles. The van der Waals surface area contributed by atoms with Gasteiger partial charge in [-0.3, -0.25) is 4.79 Å². The molecule has 0 spiro atoms. The Morgan fingerprint density at radius 3 is 2.68 bits per heavy atom. The van der Waals surface area contributed by atoms with Crippen LogP contribution in [0, 0.1) is 5.41 Å². The summed E-state index contributed by atoms with van der Waals surface area (Å²) in [6.07, 6.45) is 2.59. The molecule has 2 rings (SSSR count). The summed E-state index contributed by atoms with van der Waals surface area (Å²) < 4.78 is 0. The molecule has 0 radical (unpaired) electrons. The minimum atomic E-state index is -0.270. The average Bonchev–Trinajstić information content (AvgIpc) is 2.48. The number of hydrogen-bond donors (Lipinski definition) is 3. The van der Waals surface area contributed by atoms with Crippen molar-refractivity contribution in [1.29, 1.82) is 0 Å². The topological polar surface area (TPSA) is 61.4 Å². The molecule has 1 saturated heterocycles. The molecule has 0 aromatic heterocycles. The summed E-state index contributed by atoms with van der Waals surface area (Å²) in [5, 5.41) is 15.6. The summed E-state index contributed by atoms with van der Waals surface area (Å²) in [5.41, 5.74) is 1.21. The number of piperidine rings is 1. The monoisotopic (exact) mass is 262 g/mol. The average molecular weight is 262 g/mol. The second-order valence-electron chi connectivity index (χ2n) is 5.15. The lowest BCUT2D eigenvalue weighted by atomic mass is 9.76. The first-order valence-electron chi connectivity index (χ1n) is 6.93. The maximum Gasteiger partial charge on any atom is 0.230 e. The van der Waals surface area contributed by atoms with Gasteiger partial charge in [0.25, 0.3) is 0 Å². The van der Waals surface area contributed by atoms with E-state index in [0.29, 0.717) is 0 Å². The van der Waals surface area contributed by atoms with E-state index in [0.717, 1.165) is 43.6 Å². The van der Waals surface area contributed by atoms with Crippen LogP contribution in [0.4, 0.5) is 5.69 Å². The molecule has 1 fully saturated rings. The number of anilines is 1. The van der Waals surface area contributed by atoms with E-state index >= 15 is 0 Å². The highest BCUT2D eigenvalue weighted by atomic mass is 16.3. The molecule has 1 aliphatic heterocycles. The van der Waals surface area contributed by atoms with Crippen LogP contribution in [0.5, 0.6) is 0 Å². The Morgan fingerprint density at radius 2 is 2.05 bits per heavy atom. The van der Waals surface area contributed by atoms with Gasteiger partial charge in [0.05, 0.1) is 12.0 Å². The zero-order valence-corrected chi connectivity index (χ0v) is 11.4. The van der Waals surface area contributed by atoms with Crippen molar-refractivity contribution in [3.63, 3.8) is 0 Å². The van der Waals surface area contributed by atoms with E-state index in [1.807, 2.05) is 24.3 Å². The first kappa shape index (κ1) is 14.0. The molecule has 3 N–H and O–H groups in total. The Hall–Kier alpha value is -1.39. The van der Waals surface area contributed by atoms with Crippen LogP contribution in [0.2, 0.25) is 0 Å². The first-order valence-corrected chi connectivity index (χ1v) is 6.93. The van der Waals surface area contributed by atoms with Crippen LogP contribution < -0.4 is 10.6 Å². The van der Waals surface area contributed by atoms with Crippen LogP contribution in [-0.4, -0.2) is 24.1 Å². The van der Waals surface area contributed by atoms with Gasteiger partial charge < -0.3 is 15.7 Å². The van der Waals surface area contributed by atoms with Crippen molar-refractivity contribution in [3.05, 3.63) is 29.8 Å². The van der Waals surface area contributed by atoms with E-state index in [4.69, 9.17) is 0 Å². The lowest BCUT2D eigenvalue weighted by molar-refractivity contribution is -0.127. The van der Waals surface area contributed by atoms with Crippen molar-refractivity contribution >= 4 is 11.6 Å². The molecule has 104 valence electrons. The Morgan fingerprint density at radius 1 is 1.37 bits per heavy atom. The highest BCUT2D eigenvalue weighted by Crippen LogP contribution is 2.34. The molecule has 0 aliphatic carbocycles. The summed E-state index contributed by atoms with van der Waals surface area (Å²) in [4.78, 5) is 12.6. The second-order valence-corrected chi connectivity index (χ2v) is 5.15. The number of nitrogens with one attached hydrogen (secondary N) is 2. The van der Waals surface area contributed by atoms with Gasteiger partial charge in [0.15, 0.2) is 0 Å². The third kappa shape index (κ3) is 2.96. The van der Waals surface area contributed by atoms with Gasteiger partial charge in [-0.25, -0.2) is 0 Å². The molecule has 1 aromatic rings. The number of amides is 1. The Bertz CT molecular complexity index is 440. The molecule has 0 atom stereocenters. The highest BCUT2D eigenvalue weighted by Gasteiger charge is 2.37. The van der Waals surface area contributed by atoms with Crippen LogP contribution in [0.1, 0.15) is 31.7 Å². The minimum absolute atomic E-state index is 0.0584. The number of aliphatic hydroxyl groups is 1. The van der Waals surface area contributed by atoms with E-state index in [1.54, 1.807) is 0 Å². The van der Waals surface area contributed by atoms with E-state index in [-0.39, 0.29) is 17.9 Å².